The molecule has 0 unspecified atom stereocenters. The molecule has 1 aromatic heterocycles. The van der Waals surface area contributed by atoms with Gasteiger partial charge in [0.15, 0.2) is 0 Å². The highest BCUT2D eigenvalue weighted by molar-refractivity contribution is 6.07. The second kappa shape index (κ2) is 5.12. The van der Waals surface area contributed by atoms with Crippen molar-refractivity contribution in [3.05, 3.63) is 30.0 Å². The number of rotatable bonds is 4. The number of nitrogens with one attached hydrogen (secondary N) is 1. The first-order valence-corrected chi connectivity index (χ1v) is 6.15. The van der Waals surface area contributed by atoms with E-state index < -0.39 is 0 Å². The number of nitrogens with zero attached hydrogens (tertiary/aromatic N) is 1. The zero-order chi connectivity index (χ0) is 13.1. The molecular formula is C14H18N2O2. The largest absolute Gasteiger partial charge is 0.497 e. The Hall–Kier alpha value is -1.97. The summed E-state index contributed by atoms with van der Waals surface area (Å²) in [5, 5.41) is 0.909. The summed E-state index contributed by atoms with van der Waals surface area (Å²) in [6.07, 6.45) is 1.77. The molecule has 0 saturated heterocycles. The highest BCUT2D eigenvalue weighted by atomic mass is 16.5. The molecule has 4 heteroatoms. The molecule has 0 aliphatic heterocycles. The van der Waals surface area contributed by atoms with Crippen LogP contribution in [0.4, 0.5) is 0 Å². The lowest BCUT2D eigenvalue weighted by Gasteiger charge is -2.18. The summed E-state index contributed by atoms with van der Waals surface area (Å²) < 4.78 is 5.20. The van der Waals surface area contributed by atoms with Crippen LogP contribution >= 0.6 is 0 Å². The molecule has 0 aliphatic rings. The maximum Gasteiger partial charge on any atom is 0.256 e. The Morgan fingerprint density at radius 2 is 2.06 bits per heavy atom. The molecular weight excluding hydrogens is 228 g/mol. The molecule has 1 N–H and O–H groups in total. The molecule has 0 saturated carbocycles. The minimum Gasteiger partial charge on any atom is -0.497 e. The van der Waals surface area contributed by atoms with Crippen LogP contribution in [-0.4, -0.2) is 36.0 Å². The molecule has 0 atom stereocenters. The van der Waals surface area contributed by atoms with Gasteiger partial charge in [0.25, 0.3) is 5.91 Å². The predicted molar refractivity (Wildman–Crippen MR) is 72.1 cm³/mol. The lowest BCUT2D eigenvalue weighted by molar-refractivity contribution is 0.0775. The van der Waals surface area contributed by atoms with Gasteiger partial charge in [0, 0.05) is 30.2 Å². The van der Waals surface area contributed by atoms with Crippen LogP contribution in [0.15, 0.2) is 24.4 Å². The Bertz CT molecular complexity index is 556. The van der Waals surface area contributed by atoms with E-state index in [0.29, 0.717) is 18.7 Å². The van der Waals surface area contributed by atoms with E-state index in [1.807, 2.05) is 36.9 Å². The zero-order valence-electron chi connectivity index (χ0n) is 11.0. The summed E-state index contributed by atoms with van der Waals surface area (Å²) in [5.74, 6) is 0.815. The van der Waals surface area contributed by atoms with Crippen molar-refractivity contribution in [1.29, 1.82) is 0 Å². The third-order valence-electron chi connectivity index (χ3n) is 3.17. The van der Waals surface area contributed by atoms with Crippen molar-refractivity contribution in [2.24, 2.45) is 0 Å². The van der Waals surface area contributed by atoms with Gasteiger partial charge >= 0.3 is 0 Å². The Kier molecular flexibility index (Phi) is 3.55. The van der Waals surface area contributed by atoms with Crippen LogP contribution in [-0.2, 0) is 0 Å². The van der Waals surface area contributed by atoms with E-state index in [1.165, 1.54) is 0 Å². The second-order valence-corrected chi connectivity index (χ2v) is 4.09. The zero-order valence-corrected chi connectivity index (χ0v) is 11.0. The Labute approximate surface area is 107 Å². The maximum absolute atomic E-state index is 12.3. The number of aromatic amines is 1. The van der Waals surface area contributed by atoms with Gasteiger partial charge in [-0.3, -0.25) is 4.79 Å². The number of hydrogen-bond donors (Lipinski definition) is 1. The molecule has 2 rings (SSSR count). The fourth-order valence-electron chi connectivity index (χ4n) is 2.08. The average Bonchev–Trinajstić information content (AvgIpc) is 2.82. The molecule has 1 aromatic carbocycles. The number of carbonyl (C=O) groups is 1. The number of ether oxygens (including phenoxy) is 1. The van der Waals surface area contributed by atoms with Crippen molar-refractivity contribution >= 4 is 16.8 Å². The van der Waals surface area contributed by atoms with Gasteiger partial charge in [0.2, 0.25) is 0 Å². The van der Waals surface area contributed by atoms with E-state index in [0.717, 1.165) is 16.7 Å². The summed E-state index contributed by atoms with van der Waals surface area (Å²) >= 11 is 0. The minimum absolute atomic E-state index is 0.0551. The summed E-state index contributed by atoms with van der Waals surface area (Å²) in [6.45, 7) is 5.39. The first-order valence-electron chi connectivity index (χ1n) is 6.15. The lowest BCUT2D eigenvalue weighted by atomic mass is 10.1. The van der Waals surface area contributed by atoms with Crippen molar-refractivity contribution in [3.63, 3.8) is 0 Å². The lowest BCUT2D eigenvalue weighted by Crippen LogP contribution is -2.30. The molecule has 1 amide bonds. The SMILES string of the molecule is CCN(CC)C(=O)c1c[nH]c2ccc(OC)cc12. The molecule has 18 heavy (non-hydrogen) atoms. The molecule has 1 heterocycles. The molecule has 4 nitrogen and oxygen atoms in total. The second-order valence-electron chi connectivity index (χ2n) is 4.09. The number of hydrogen-bond acceptors (Lipinski definition) is 2. The molecule has 0 spiro atoms. The van der Waals surface area contributed by atoms with Gasteiger partial charge in [0.05, 0.1) is 12.7 Å². The third kappa shape index (κ3) is 2.06. The number of aromatic nitrogens is 1. The van der Waals surface area contributed by atoms with Gasteiger partial charge in [0.1, 0.15) is 5.75 Å². The minimum atomic E-state index is 0.0551. The van der Waals surface area contributed by atoms with Crippen LogP contribution in [0.1, 0.15) is 24.2 Å². The average molecular weight is 246 g/mol. The van der Waals surface area contributed by atoms with Crippen LogP contribution in [0.25, 0.3) is 10.9 Å². The van der Waals surface area contributed by atoms with Crippen LogP contribution in [0.2, 0.25) is 0 Å². The molecule has 0 radical (unpaired) electrons. The molecule has 0 aliphatic carbocycles. The number of fused-ring (bicyclic) bond motifs is 1. The fraction of sp³-hybridized carbons (Fsp3) is 0.357. The van der Waals surface area contributed by atoms with E-state index in [2.05, 4.69) is 4.98 Å². The van der Waals surface area contributed by atoms with E-state index in [-0.39, 0.29) is 5.91 Å². The van der Waals surface area contributed by atoms with Gasteiger partial charge < -0.3 is 14.6 Å². The molecule has 2 aromatic rings. The normalized spacial score (nSPS) is 10.6. The van der Waals surface area contributed by atoms with Gasteiger partial charge in [-0.2, -0.15) is 0 Å². The van der Waals surface area contributed by atoms with Gasteiger partial charge in [-0.05, 0) is 32.0 Å². The number of amides is 1. The quantitative estimate of drug-likeness (QED) is 0.901. The topological polar surface area (TPSA) is 45.3 Å². The van der Waals surface area contributed by atoms with Crippen molar-refractivity contribution in [2.75, 3.05) is 20.2 Å². The van der Waals surface area contributed by atoms with Crippen LogP contribution in [0, 0.1) is 0 Å². The number of methoxy groups -OCH3 is 1. The summed E-state index contributed by atoms with van der Waals surface area (Å²) in [7, 11) is 1.62. The van der Waals surface area contributed by atoms with Crippen LogP contribution < -0.4 is 4.74 Å². The van der Waals surface area contributed by atoms with Crippen molar-refractivity contribution in [2.45, 2.75) is 13.8 Å². The Balaban J connectivity index is 2.47. The summed E-state index contributed by atoms with van der Waals surface area (Å²) in [6, 6.07) is 5.69. The number of benzene rings is 1. The summed E-state index contributed by atoms with van der Waals surface area (Å²) in [5.41, 5.74) is 1.65. The van der Waals surface area contributed by atoms with E-state index in [9.17, 15) is 4.79 Å². The standard InChI is InChI=1S/C14H18N2O2/c1-4-16(5-2)14(17)12-9-15-13-7-6-10(18-3)8-11(12)13/h6-9,15H,4-5H2,1-3H3. The number of carbonyl (C=O) groups excluding carboxylic acids is 1. The first kappa shape index (κ1) is 12.5. The van der Waals surface area contributed by atoms with E-state index >= 15 is 0 Å². The van der Waals surface area contributed by atoms with Gasteiger partial charge in [-0.15, -0.1) is 0 Å². The smallest absolute Gasteiger partial charge is 0.256 e. The molecule has 0 bridgehead atoms. The fourth-order valence-corrected chi connectivity index (χ4v) is 2.08. The van der Waals surface area contributed by atoms with Gasteiger partial charge in [-0.25, -0.2) is 0 Å². The maximum atomic E-state index is 12.3. The van der Waals surface area contributed by atoms with Crippen molar-refractivity contribution in [3.8, 4) is 5.75 Å². The predicted octanol–water partition coefficient (Wildman–Crippen LogP) is 2.66. The van der Waals surface area contributed by atoms with E-state index in [1.54, 1.807) is 13.3 Å². The first-order chi connectivity index (χ1) is 8.71. The third-order valence-corrected chi connectivity index (χ3v) is 3.17. The van der Waals surface area contributed by atoms with Crippen LogP contribution in [0.5, 0.6) is 5.75 Å². The van der Waals surface area contributed by atoms with E-state index in [4.69, 9.17) is 4.74 Å². The molecule has 96 valence electrons. The monoisotopic (exact) mass is 246 g/mol. The van der Waals surface area contributed by atoms with Gasteiger partial charge in [-0.1, -0.05) is 0 Å². The van der Waals surface area contributed by atoms with Crippen molar-refractivity contribution < 1.29 is 9.53 Å². The summed E-state index contributed by atoms with van der Waals surface area (Å²) in [4.78, 5) is 17.3. The highest BCUT2D eigenvalue weighted by Gasteiger charge is 2.17. The van der Waals surface area contributed by atoms with Crippen LogP contribution in [0.3, 0.4) is 0 Å². The number of H-pyrrole nitrogens is 1. The Morgan fingerprint density at radius 3 is 2.67 bits per heavy atom. The highest BCUT2D eigenvalue weighted by Crippen LogP contribution is 2.24. The Morgan fingerprint density at radius 1 is 1.33 bits per heavy atom. The molecule has 0 fully saturated rings. The van der Waals surface area contributed by atoms with Crippen molar-refractivity contribution in [1.82, 2.24) is 9.88 Å².